The zero-order valence-corrected chi connectivity index (χ0v) is 18.2. The number of rotatable bonds is 6. The van der Waals surface area contributed by atoms with Crippen molar-refractivity contribution in [3.8, 4) is 0 Å². The summed E-state index contributed by atoms with van der Waals surface area (Å²) in [5, 5.41) is 1.87. The van der Waals surface area contributed by atoms with Crippen LogP contribution in [0.2, 0.25) is 0 Å². The number of amides is 2. The summed E-state index contributed by atoms with van der Waals surface area (Å²) in [7, 11) is 0. The van der Waals surface area contributed by atoms with Crippen LogP contribution < -0.4 is 0 Å². The minimum Gasteiger partial charge on any atom is -0.455 e. The molecular formula is C19H19BrN2O4S2. The number of nitrogens with zero attached hydrogens (tertiary/aromatic N) is 2. The van der Waals surface area contributed by atoms with Gasteiger partial charge in [-0.2, -0.15) is 0 Å². The van der Waals surface area contributed by atoms with E-state index >= 15 is 0 Å². The van der Waals surface area contributed by atoms with Crippen LogP contribution in [0, 0.1) is 0 Å². The van der Waals surface area contributed by atoms with Crippen molar-refractivity contribution in [1.82, 2.24) is 9.80 Å². The van der Waals surface area contributed by atoms with Crippen molar-refractivity contribution in [3.05, 3.63) is 51.1 Å². The molecule has 1 aliphatic rings. The maximum atomic E-state index is 12.3. The van der Waals surface area contributed by atoms with Gasteiger partial charge in [0.15, 0.2) is 6.61 Å². The Balaban J connectivity index is 1.36. The highest BCUT2D eigenvalue weighted by molar-refractivity contribution is 9.10. The van der Waals surface area contributed by atoms with Crippen LogP contribution in [0.4, 0.5) is 0 Å². The molecule has 6 nitrogen and oxygen atoms in total. The normalized spacial score (nSPS) is 14.0. The summed E-state index contributed by atoms with van der Waals surface area (Å²) in [6, 6.07) is 11.3. The number of hydrogen-bond donors (Lipinski definition) is 0. The molecule has 148 valence electrons. The minimum absolute atomic E-state index is 0.00140. The van der Waals surface area contributed by atoms with Crippen LogP contribution in [-0.2, 0) is 14.3 Å². The third-order valence-corrected chi connectivity index (χ3v) is 6.55. The molecule has 2 amide bonds. The SMILES string of the molecule is O=C(CSc1ccc(Br)cc1)OCC(=O)N1CCN(C(=O)c2cccs2)CC1. The van der Waals surface area contributed by atoms with E-state index in [-0.39, 0.29) is 24.2 Å². The van der Waals surface area contributed by atoms with Gasteiger partial charge in [-0.3, -0.25) is 14.4 Å². The molecule has 2 heterocycles. The summed E-state index contributed by atoms with van der Waals surface area (Å²) in [6.45, 7) is 1.59. The van der Waals surface area contributed by atoms with Crippen LogP contribution in [-0.4, -0.2) is 66.1 Å². The van der Waals surface area contributed by atoms with Gasteiger partial charge in [-0.1, -0.05) is 22.0 Å². The number of hydrogen-bond acceptors (Lipinski definition) is 6. The predicted molar refractivity (Wildman–Crippen MR) is 113 cm³/mol. The summed E-state index contributed by atoms with van der Waals surface area (Å²) in [6.07, 6.45) is 0. The average Bonchev–Trinajstić information content (AvgIpc) is 3.26. The van der Waals surface area contributed by atoms with E-state index in [0.29, 0.717) is 31.1 Å². The predicted octanol–water partition coefficient (Wildman–Crippen LogP) is 3.13. The standard InChI is InChI=1S/C19H19BrN2O4S2/c20-14-3-5-15(6-4-14)28-13-18(24)26-12-17(23)21-7-9-22(10-8-21)19(25)16-2-1-11-27-16/h1-6,11H,7-10,12-13H2. The second-order valence-corrected chi connectivity index (χ2v) is 8.97. The summed E-state index contributed by atoms with van der Waals surface area (Å²) in [5.74, 6) is -0.505. The summed E-state index contributed by atoms with van der Waals surface area (Å²) in [5.41, 5.74) is 0. The van der Waals surface area contributed by atoms with E-state index < -0.39 is 5.97 Å². The largest absolute Gasteiger partial charge is 0.455 e. The second kappa shape index (κ2) is 10.1. The van der Waals surface area contributed by atoms with Crippen molar-refractivity contribution in [2.45, 2.75) is 4.90 Å². The van der Waals surface area contributed by atoms with Gasteiger partial charge < -0.3 is 14.5 Å². The molecule has 0 aliphatic carbocycles. The molecule has 0 radical (unpaired) electrons. The van der Waals surface area contributed by atoms with Gasteiger partial charge in [0.1, 0.15) is 0 Å². The van der Waals surface area contributed by atoms with Crippen molar-refractivity contribution in [3.63, 3.8) is 0 Å². The van der Waals surface area contributed by atoms with Gasteiger partial charge >= 0.3 is 5.97 Å². The molecule has 1 aromatic heterocycles. The third-order valence-electron chi connectivity index (χ3n) is 4.18. The lowest BCUT2D eigenvalue weighted by molar-refractivity contribution is -0.150. The lowest BCUT2D eigenvalue weighted by Gasteiger charge is -2.34. The van der Waals surface area contributed by atoms with E-state index in [1.165, 1.54) is 23.1 Å². The van der Waals surface area contributed by atoms with E-state index in [2.05, 4.69) is 15.9 Å². The van der Waals surface area contributed by atoms with E-state index in [4.69, 9.17) is 4.74 Å². The van der Waals surface area contributed by atoms with Crippen LogP contribution in [0.3, 0.4) is 0 Å². The highest BCUT2D eigenvalue weighted by Crippen LogP contribution is 2.20. The van der Waals surface area contributed by atoms with E-state index in [9.17, 15) is 14.4 Å². The molecule has 3 rings (SSSR count). The highest BCUT2D eigenvalue weighted by Gasteiger charge is 2.25. The Hall–Kier alpha value is -1.84. The van der Waals surface area contributed by atoms with Crippen LogP contribution in [0.1, 0.15) is 9.67 Å². The van der Waals surface area contributed by atoms with Crippen LogP contribution in [0.15, 0.2) is 51.1 Å². The number of benzene rings is 1. The molecule has 0 N–H and O–H groups in total. The van der Waals surface area contributed by atoms with E-state index in [1.807, 2.05) is 35.7 Å². The number of halogens is 1. The smallest absolute Gasteiger partial charge is 0.316 e. The fourth-order valence-electron chi connectivity index (χ4n) is 2.66. The number of piperazine rings is 1. The molecule has 1 saturated heterocycles. The van der Waals surface area contributed by atoms with E-state index in [1.54, 1.807) is 15.9 Å². The third kappa shape index (κ3) is 5.83. The number of thiophene rings is 1. The van der Waals surface area contributed by atoms with Crippen LogP contribution in [0.25, 0.3) is 0 Å². The number of carbonyl (C=O) groups excluding carboxylic acids is 3. The molecular weight excluding hydrogens is 464 g/mol. The number of esters is 1. The first-order chi connectivity index (χ1) is 13.5. The van der Waals surface area contributed by atoms with Crippen molar-refractivity contribution in [1.29, 1.82) is 0 Å². The van der Waals surface area contributed by atoms with Crippen molar-refractivity contribution in [2.75, 3.05) is 38.5 Å². The highest BCUT2D eigenvalue weighted by atomic mass is 79.9. The molecule has 0 saturated carbocycles. The Kier molecular flexibility index (Phi) is 7.52. The van der Waals surface area contributed by atoms with Gasteiger partial charge in [0.2, 0.25) is 0 Å². The van der Waals surface area contributed by atoms with E-state index in [0.717, 1.165) is 9.37 Å². The molecule has 0 spiro atoms. The van der Waals surface area contributed by atoms with Crippen molar-refractivity contribution < 1.29 is 19.1 Å². The molecule has 0 bridgehead atoms. The van der Waals surface area contributed by atoms with Gasteiger partial charge in [-0.15, -0.1) is 23.1 Å². The van der Waals surface area contributed by atoms with Crippen LogP contribution >= 0.6 is 39.0 Å². The zero-order valence-electron chi connectivity index (χ0n) is 15.0. The van der Waals surface area contributed by atoms with Gasteiger partial charge in [0, 0.05) is 35.5 Å². The first-order valence-corrected chi connectivity index (χ1v) is 11.3. The fraction of sp³-hybridized carbons (Fsp3) is 0.316. The topological polar surface area (TPSA) is 66.9 Å². The number of thioether (sulfide) groups is 1. The number of carbonyl (C=O) groups is 3. The lowest BCUT2D eigenvalue weighted by atomic mass is 10.3. The Morgan fingerprint density at radius 3 is 2.36 bits per heavy atom. The fourth-order valence-corrected chi connectivity index (χ4v) is 4.31. The van der Waals surface area contributed by atoms with Gasteiger partial charge in [-0.25, -0.2) is 0 Å². The Morgan fingerprint density at radius 2 is 1.71 bits per heavy atom. The van der Waals surface area contributed by atoms with Crippen molar-refractivity contribution >= 4 is 56.8 Å². The zero-order chi connectivity index (χ0) is 19.9. The quantitative estimate of drug-likeness (QED) is 0.467. The summed E-state index contributed by atoms with van der Waals surface area (Å²) >= 11 is 6.14. The van der Waals surface area contributed by atoms with Gasteiger partial charge in [-0.05, 0) is 35.7 Å². The van der Waals surface area contributed by atoms with Crippen LogP contribution in [0.5, 0.6) is 0 Å². The lowest BCUT2D eigenvalue weighted by Crippen LogP contribution is -2.51. The molecule has 1 fully saturated rings. The molecule has 0 atom stereocenters. The monoisotopic (exact) mass is 482 g/mol. The molecule has 1 aliphatic heterocycles. The summed E-state index contributed by atoms with van der Waals surface area (Å²) in [4.78, 5) is 41.5. The van der Waals surface area contributed by atoms with Gasteiger partial charge in [0.05, 0.1) is 10.6 Å². The Labute approximate surface area is 180 Å². The second-order valence-electron chi connectivity index (χ2n) is 6.05. The Morgan fingerprint density at radius 1 is 1.04 bits per heavy atom. The Bertz CT molecular complexity index is 819. The molecule has 1 aromatic carbocycles. The molecule has 28 heavy (non-hydrogen) atoms. The number of ether oxygens (including phenoxy) is 1. The van der Waals surface area contributed by atoms with Gasteiger partial charge in [0.25, 0.3) is 11.8 Å². The minimum atomic E-state index is -0.423. The first kappa shape index (κ1) is 20.9. The molecule has 2 aromatic rings. The first-order valence-electron chi connectivity index (χ1n) is 8.67. The average molecular weight is 483 g/mol. The molecule has 0 unspecified atom stereocenters. The molecule has 9 heteroatoms. The van der Waals surface area contributed by atoms with Crippen molar-refractivity contribution in [2.24, 2.45) is 0 Å². The maximum Gasteiger partial charge on any atom is 0.316 e. The maximum absolute atomic E-state index is 12.3. The summed E-state index contributed by atoms with van der Waals surface area (Å²) < 4.78 is 6.07.